The van der Waals surface area contributed by atoms with Gasteiger partial charge in [0.15, 0.2) is 0 Å². The highest BCUT2D eigenvalue weighted by Gasteiger charge is 2.61. The Morgan fingerprint density at radius 3 is 1.20 bits per heavy atom. The molecular formula is C40H44O4. The van der Waals surface area contributed by atoms with Crippen molar-refractivity contribution in [2.45, 2.75) is 62.9 Å². The number of rotatable bonds is 14. The summed E-state index contributed by atoms with van der Waals surface area (Å²) in [5.41, 5.74) is 2.70. The second kappa shape index (κ2) is 15.6. The van der Waals surface area contributed by atoms with E-state index < -0.39 is 11.2 Å². The minimum Gasteiger partial charge on any atom is -0.502 e. The summed E-state index contributed by atoms with van der Waals surface area (Å²) < 4.78 is 27.1. The van der Waals surface area contributed by atoms with Crippen molar-refractivity contribution >= 4 is 0 Å². The molecular weight excluding hydrogens is 544 g/mol. The van der Waals surface area contributed by atoms with Gasteiger partial charge in [0.25, 0.3) is 0 Å². The van der Waals surface area contributed by atoms with Crippen LogP contribution < -0.4 is 0 Å². The Labute approximate surface area is 263 Å². The van der Waals surface area contributed by atoms with Crippen molar-refractivity contribution in [3.8, 4) is 0 Å². The molecule has 5 rings (SSSR count). The van der Waals surface area contributed by atoms with Crippen LogP contribution in [-0.2, 0) is 30.1 Å². The molecule has 4 aromatic carbocycles. The van der Waals surface area contributed by atoms with Gasteiger partial charge in [-0.05, 0) is 61.8 Å². The molecule has 0 aliphatic carbocycles. The molecule has 1 fully saturated rings. The van der Waals surface area contributed by atoms with Gasteiger partial charge >= 0.3 is 0 Å². The zero-order valence-electron chi connectivity index (χ0n) is 25.9. The van der Waals surface area contributed by atoms with Crippen LogP contribution in [0.3, 0.4) is 0 Å². The van der Waals surface area contributed by atoms with Gasteiger partial charge < -0.3 is 18.9 Å². The van der Waals surface area contributed by atoms with Crippen LogP contribution in [0.2, 0.25) is 0 Å². The van der Waals surface area contributed by atoms with Gasteiger partial charge in [0, 0.05) is 0 Å². The van der Waals surface area contributed by atoms with Gasteiger partial charge in [-0.15, -0.1) is 0 Å². The lowest BCUT2D eigenvalue weighted by atomic mass is 9.66. The van der Waals surface area contributed by atoms with Gasteiger partial charge in [0.1, 0.15) is 23.4 Å². The Morgan fingerprint density at radius 1 is 0.523 bits per heavy atom. The highest BCUT2D eigenvalue weighted by molar-refractivity contribution is 5.38. The highest BCUT2D eigenvalue weighted by Crippen LogP contribution is 2.61. The van der Waals surface area contributed by atoms with Gasteiger partial charge in [-0.3, -0.25) is 0 Å². The van der Waals surface area contributed by atoms with Crippen LogP contribution in [0.5, 0.6) is 0 Å². The first-order chi connectivity index (χ1) is 21.7. The zero-order valence-corrected chi connectivity index (χ0v) is 25.9. The highest BCUT2D eigenvalue weighted by atomic mass is 16.6. The largest absolute Gasteiger partial charge is 0.502 e. The second-order valence-corrected chi connectivity index (χ2v) is 11.2. The number of hydrogen-bond donors (Lipinski definition) is 0. The summed E-state index contributed by atoms with van der Waals surface area (Å²) >= 11 is 0. The maximum atomic E-state index is 7.72. The fourth-order valence-electron chi connectivity index (χ4n) is 6.48. The molecule has 0 N–H and O–H groups in total. The predicted molar refractivity (Wildman–Crippen MR) is 177 cm³/mol. The molecule has 4 unspecified atom stereocenters. The Balaban J connectivity index is 1.73. The summed E-state index contributed by atoms with van der Waals surface area (Å²) in [6, 6.07) is 42.3. The molecule has 0 bridgehead atoms. The minimum atomic E-state index is -0.832. The van der Waals surface area contributed by atoms with E-state index in [1.165, 1.54) is 0 Å². The summed E-state index contributed by atoms with van der Waals surface area (Å²) in [6.45, 7) is 5.09. The quantitative estimate of drug-likeness (QED) is 0.109. The molecule has 4 heteroatoms. The fraction of sp³-hybridized carbons (Fsp3) is 0.300. The van der Waals surface area contributed by atoms with Crippen LogP contribution in [0.1, 0.15) is 74.0 Å². The number of allylic oxidation sites excluding steroid dienone is 2. The molecule has 1 aliphatic heterocycles. The van der Waals surface area contributed by atoms with E-state index in [0.717, 1.165) is 35.1 Å². The lowest BCUT2D eigenvalue weighted by molar-refractivity contribution is -0.343. The number of ether oxygens (including phenoxy) is 4. The standard InChI is InChI=1S/C40H44O4/c1-3-29-41-31-17-27-39(35-23-13-7-14-24-35)40(28-18-32-42-30-4-2,36-25-15-8-16-26-36)44-38(34-21-11-6-12-22-34)37(43-39)33-19-9-5-10-20-33/h3-16,19-26,29-30,37-38H,17-18,27-28,31-32H2,1-2H3. The molecule has 1 saturated heterocycles. The smallest absolute Gasteiger partial charge is 0.127 e. The first kappa shape index (κ1) is 31.3. The van der Waals surface area contributed by atoms with Crippen LogP contribution in [0, 0.1) is 0 Å². The summed E-state index contributed by atoms with van der Waals surface area (Å²) in [6.07, 6.45) is 9.63. The summed E-state index contributed by atoms with van der Waals surface area (Å²) in [5, 5.41) is 0. The molecule has 0 aromatic heterocycles. The summed E-state index contributed by atoms with van der Waals surface area (Å²) in [5.74, 6) is 0. The second-order valence-electron chi connectivity index (χ2n) is 11.2. The molecule has 44 heavy (non-hydrogen) atoms. The molecule has 0 saturated carbocycles. The van der Waals surface area contributed by atoms with Gasteiger partial charge in [0.05, 0.1) is 25.7 Å². The van der Waals surface area contributed by atoms with Crippen LogP contribution in [-0.4, -0.2) is 13.2 Å². The molecule has 0 radical (unpaired) electrons. The minimum absolute atomic E-state index is 0.341. The van der Waals surface area contributed by atoms with Crippen molar-refractivity contribution < 1.29 is 18.9 Å². The zero-order chi connectivity index (χ0) is 30.5. The van der Waals surface area contributed by atoms with E-state index in [1.54, 1.807) is 12.5 Å². The van der Waals surface area contributed by atoms with E-state index >= 15 is 0 Å². The maximum Gasteiger partial charge on any atom is 0.127 e. The lowest BCUT2D eigenvalue weighted by Gasteiger charge is -2.58. The average Bonchev–Trinajstić information content (AvgIpc) is 3.10. The molecule has 0 spiro atoms. The van der Waals surface area contributed by atoms with E-state index in [-0.39, 0.29) is 12.2 Å². The molecule has 1 heterocycles. The van der Waals surface area contributed by atoms with Gasteiger partial charge in [-0.25, -0.2) is 0 Å². The Hall–Kier alpha value is -4.12. The Bertz CT molecular complexity index is 1330. The first-order valence-electron chi connectivity index (χ1n) is 15.8. The first-order valence-corrected chi connectivity index (χ1v) is 15.8. The van der Waals surface area contributed by atoms with Crippen LogP contribution >= 0.6 is 0 Å². The predicted octanol–water partition coefficient (Wildman–Crippen LogP) is 9.97. The van der Waals surface area contributed by atoms with Crippen molar-refractivity contribution in [1.82, 2.24) is 0 Å². The van der Waals surface area contributed by atoms with Crippen molar-refractivity contribution in [3.05, 3.63) is 168 Å². The van der Waals surface area contributed by atoms with Crippen molar-refractivity contribution in [1.29, 1.82) is 0 Å². The molecule has 4 atom stereocenters. The average molecular weight is 589 g/mol. The SMILES string of the molecule is CC=COCCCC1(c2ccccc2)OC(c2ccccc2)C(c2ccccc2)OC1(CCCOC=CC)c1ccccc1. The third-order valence-electron chi connectivity index (χ3n) is 8.37. The van der Waals surface area contributed by atoms with E-state index in [0.29, 0.717) is 26.1 Å². The lowest BCUT2D eigenvalue weighted by Crippen LogP contribution is -2.58. The molecule has 0 amide bonds. The molecule has 4 aromatic rings. The van der Waals surface area contributed by atoms with E-state index in [1.807, 2.05) is 38.1 Å². The normalized spacial score (nSPS) is 23.6. The van der Waals surface area contributed by atoms with Crippen molar-refractivity contribution in [2.75, 3.05) is 13.2 Å². The number of benzene rings is 4. The Kier molecular flexibility index (Phi) is 11.1. The third kappa shape index (κ3) is 6.83. The topological polar surface area (TPSA) is 36.9 Å². The van der Waals surface area contributed by atoms with E-state index in [2.05, 4.69) is 109 Å². The maximum absolute atomic E-state index is 7.72. The van der Waals surface area contributed by atoms with Crippen LogP contribution in [0.25, 0.3) is 0 Å². The van der Waals surface area contributed by atoms with E-state index in [4.69, 9.17) is 18.9 Å². The summed E-state index contributed by atoms with van der Waals surface area (Å²) in [4.78, 5) is 0. The molecule has 4 nitrogen and oxygen atoms in total. The Morgan fingerprint density at radius 2 is 0.864 bits per heavy atom. The third-order valence-corrected chi connectivity index (χ3v) is 8.37. The van der Waals surface area contributed by atoms with Crippen LogP contribution in [0.4, 0.5) is 0 Å². The van der Waals surface area contributed by atoms with E-state index in [9.17, 15) is 0 Å². The van der Waals surface area contributed by atoms with Crippen LogP contribution in [0.15, 0.2) is 146 Å². The molecule has 228 valence electrons. The fourth-order valence-corrected chi connectivity index (χ4v) is 6.48. The monoisotopic (exact) mass is 588 g/mol. The van der Waals surface area contributed by atoms with Gasteiger partial charge in [0.2, 0.25) is 0 Å². The summed E-state index contributed by atoms with van der Waals surface area (Å²) in [7, 11) is 0. The molecule has 1 aliphatic rings. The van der Waals surface area contributed by atoms with Crippen molar-refractivity contribution in [2.24, 2.45) is 0 Å². The van der Waals surface area contributed by atoms with Gasteiger partial charge in [-0.1, -0.05) is 133 Å². The number of hydrogen-bond acceptors (Lipinski definition) is 4. The van der Waals surface area contributed by atoms with Crippen molar-refractivity contribution in [3.63, 3.8) is 0 Å². The van der Waals surface area contributed by atoms with Gasteiger partial charge in [-0.2, -0.15) is 0 Å².